The summed E-state index contributed by atoms with van der Waals surface area (Å²) in [5.74, 6) is -3.17. The number of amides is 12. The van der Waals surface area contributed by atoms with Crippen LogP contribution < -0.4 is 42.5 Å². The monoisotopic (exact) mass is 1770 g/mol. The van der Waals surface area contributed by atoms with E-state index in [0.29, 0.717) is 254 Å². The van der Waals surface area contributed by atoms with E-state index in [1.807, 2.05) is 72.8 Å². The Labute approximate surface area is 765 Å². The zero-order valence-electron chi connectivity index (χ0n) is 78.8. The Hall–Kier alpha value is -10.6. The summed E-state index contributed by atoms with van der Waals surface area (Å²) >= 11 is 0. The van der Waals surface area contributed by atoms with Gasteiger partial charge in [-0.15, -0.1) is 0 Å². The third-order valence-electron chi connectivity index (χ3n) is 32.7. The first-order chi connectivity index (χ1) is 62.3. The van der Waals surface area contributed by atoms with Gasteiger partial charge < -0.3 is 30.4 Å². The maximum Gasteiger partial charge on any atom is 0.232 e. The Morgan fingerprint density at radius 2 is 0.408 bits per heavy atom. The summed E-state index contributed by atoms with van der Waals surface area (Å²) in [6.45, 7) is 24.6. The fourth-order valence-corrected chi connectivity index (χ4v) is 28.7. The fraction of sp³-hybridized carbons (Fsp3) is 0.556. The van der Waals surface area contributed by atoms with Crippen LogP contribution in [0.4, 0.5) is 22.7 Å². The van der Waals surface area contributed by atoms with Crippen molar-refractivity contribution in [3.05, 3.63) is 121 Å². The Kier molecular flexibility index (Phi) is 25.0. The number of hydrogen-bond donors (Lipinski definition) is 8. The number of nitrogens with one attached hydrogen (secondary N) is 8. The quantitative estimate of drug-likeness (QED) is 0.0172. The van der Waals surface area contributed by atoms with Crippen LogP contribution in [0.15, 0.2) is 121 Å². The average molecular weight is 1770 g/mol. The lowest BCUT2D eigenvalue weighted by molar-refractivity contribution is -0.171. The highest BCUT2D eigenvalue weighted by atomic mass is 16.2. The average Bonchev–Trinajstić information content (AvgIpc) is 0.810. The summed E-state index contributed by atoms with van der Waals surface area (Å²) in [5.41, 5.74) is -2.25. The van der Waals surface area contributed by atoms with E-state index in [-0.39, 0.29) is 70.9 Å². The van der Waals surface area contributed by atoms with E-state index in [4.69, 9.17) is 0 Å². The molecule has 690 valence electrons. The second-order valence-electron chi connectivity index (χ2n) is 42.1. The molecule has 6 aromatic carbocycles. The van der Waals surface area contributed by atoms with Crippen LogP contribution in [0, 0.1) is 65.0 Å². The molecule has 0 radical (unpaired) electrons. The van der Waals surface area contributed by atoms with Gasteiger partial charge in [0.15, 0.2) is 0 Å². The lowest BCUT2D eigenvalue weighted by atomic mass is 9.47. The lowest BCUT2D eigenvalue weighted by Gasteiger charge is -2.57. The van der Waals surface area contributed by atoms with Crippen molar-refractivity contribution in [3.63, 3.8) is 0 Å². The molecule has 8 N–H and O–H groups in total. The van der Waals surface area contributed by atoms with Crippen molar-refractivity contribution in [2.24, 2.45) is 65.0 Å². The molecule has 4 saturated heterocycles. The summed E-state index contributed by atoms with van der Waals surface area (Å²) in [6, 6.07) is 40.4. The number of anilines is 4. The fourth-order valence-electron chi connectivity index (χ4n) is 28.7. The zero-order valence-corrected chi connectivity index (χ0v) is 78.8. The molecule has 8 bridgehead atoms. The first-order valence-corrected chi connectivity index (χ1v) is 49.3. The molecule has 4 aliphatic carbocycles. The van der Waals surface area contributed by atoms with Crippen molar-refractivity contribution >= 4 is 137 Å². The van der Waals surface area contributed by atoms with Gasteiger partial charge in [0.1, 0.15) is 0 Å². The minimum atomic E-state index is -1.03. The molecule has 4 unspecified atom stereocenters. The van der Waals surface area contributed by atoms with Crippen LogP contribution >= 0.6 is 0 Å². The number of benzene rings is 6. The zero-order chi connectivity index (χ0) is 92.6. The van der Waals surface area contributed by atoms with Crippen molar-refractivity contribution < 1.29 is 57.5 Å². The number of hydrogen-bond acceptors (Lipinski definition) is 12. The van der Waals surface area contributed by atoms with Crippen molar-refractivity contribution in [1.29, 1.82) is 0 Å². The SMILES string of the molecule is CCCC1(C(=O)Nc2ccc3c(c2)c2cc(NC(=O)C4(CCC)C[C@@]5(CCC)C[C@@](CCC)(C4)C(=O)NC5=O)ccc2n3-c2ccc(-c3ccc(-n4c5ccc(NC(=O)C6(CCC)C[C@@]7(CCC)C[C@@](CCC)(C6)C(=O)NC7=O)cc5c5cc(NC(=O)C6(CCC)C[C@@]7(CCC)C[C@@](CCC)(C6)C(=O)NC7=O)ccc54)cc3)cc2)C[C@@]2(CCC)C[C@@](CCC)(C1)C(=O)NC2=O. The number of imide groups is 4. The van der Waals surface area contributed by atoms with Gasteiger partial charge in [-0.25, -0.2) is 0 Å². The molecule has 22 nitrogen and oxygen atoms in total. The molecule has 8 fully saturated rings. The van der Waals surface area contributed by atoms with Gasteiger partial charge in [0.25, 0.3) is 0 Å². The van der Waals surface area contributed by atoms with Crippen molar-refractivity contribution in [1.82, 2.24) is 30.4 Å². The van der Waals surface area contributed by atoms with Crippen molar-refractivity contribution in [2.45, 2.75) is 314 Å². The van der Waals surface area contributed by atoms with E-state index in [0.717, 1.165) is 66.1 Å². The molecule has 8 aromatic rings. The van der Waals surface area contributed by atoms with Crippen LogP contribution in [0.25, 0.3) is 66.1 Å². The van der Waals surface area contributed by atoms with Crippen LogP contribution in [0.5, 0.6) is 0 Å². The maximum absolute atomic E-state index is 15.7. The topological polar surface area (TPSA) is 311 Å². The predicted molar refractivity (Wildman–Crippen MR) is 511 cm³/mol. The molecule has 130 heavy (non-hydrogen) atoms. The molecule has 12 atom stereocenters. The van der Waals surface area contributed by atoms with Crippen LogP contribution in [0.2, 0.25) is 0 Å². The minimum Gasteiger partial charge on any atom is -0.326 e. The number of aromatic nitrogens is 2. The number of carbonyl (C=O) groups is 12. The maximum atomic E-state index is 15.7. The van der Waals surface area contributed by atoms with Crippen LogP contribution in [0.1, 0.15) is 314 Å². The summed E-state index contributed by atoms with van der Waals surface area (Å²) < 4.78 is 4.36. The highest BCUT2D eigenvalue weighted by molar-refractivity contribution is 6.16. The Morgan fingerprint density at radius 3 is 0.569 bits per heavy atom. The molecule has 4 aliphatic heterocycles. The highest BCUT2D eigenvalue weighted by Gasteiger charge is 2.69. The lowest BCUT2D eigenvalue weighted by Crippen LogP contribution is -2.65. The Balaban J connectivity index is 0.767. The van der Waals surface area contributed by atoms with Gasteiger partial charge in [0.2, 0.25) is 70.9 Å². The van der Waals surface area contributed by atoms with Gasteiger partial charge in [-0.05, 0) is 262 Å². The van der Waals surface area contributed by atoms with Gasteiger partial charge >= 0.3 is 0 Å². The van der Waals surface area contributed by atoms with E-state index in [2.05, 4.69) is 183 Å². The Bertz CT molecular complexity index is 5110. The second kappa shape index (κ2) is 35.1. The number of nitrogens with zero attached hydrogens (tertiary/aromatic N) is 2. The summed E-state index contributed by atoms with van der Waals surface area (Å²) in [5, 5.41) is 27.9. The normalized spacial score (nSPS) is 29.8. The first kappa shape index (κ1) is 92.6. The number of fused-ring (bicyclic) bond motifs is 14. The predicted octanol–water partition coefficient (Wildman–Crippen LogP) is 22.1. The van der Waals surface area contributed by atoms with E-state index >= 15 is 19.2 Å². The standard InChI is InChI=1S/C108H136N10O12/c1-13-41-97(57-101(45-17-5)65-102(58-97,46-18-6)90(124)113-89(101)123)85(119)109-71-29-37-81-77(53-71)78-54-72(110-86(120)98(42-14-2)59-103(47-19-7)66-104(60-98,48-20-8)92(126)114-91(103)125)30-38-82(78)117(81)75-33-25-69(26-34-75)70-27-35-76(36-28-70)118-83-39-31-73(111-87(121)99(43-15-3)61-105(49-21-9)67-106(62-99,50-22-10)94(128)115-93(105)127)55-79(83)80-56-74(32-40-84(80)118)112-88(122)100(44-16-4)63-107(51-23-11)68-108(64-100,52-24-12)96(130)116-95(107)129/h25-40,53-56H,13-24,41-52,57-68H2,1-12H3,(H,109,119)(H,110,120)(H,111,121)(H,112,122)(H,113,123,124)(H,114,125,126)(H,115,127,128)(H,116,129,130)/t97?,98?,99?,100?,101-,102+,103-,104+,105-,106+,107-,108+. The molecule has 8 aliphatic rings. The summed E-state index contributed by atoms with van der Waals surface area (Å²) in [6.07, 6.45) is 19.1. The van der Waals surface area contributed by atoms with E-state index in [1.165, 1.54) is 0 Å². The number of rotatable bonds is 35. The number of carbonyl (C=O) groups excluding carboxylic acids is 12. The van der Waals surface area contributed by atoms with Crippen molar-refractivity contribution in [3.8, 4) is 22.5 Å². The third kappa shape index (κ3) is 15.4. The van der Waals surface area contributed by atoms with Gasteiger partial charge in [-0.1, -0.05) is 184 Å². The smallest absolute Gasteiger partial charge is 0.232 e. The van der Waals surface area contributed by atoms with E-state index in [1.54, 1.807) is 0 Å². The summed E-state index contributed by atoms with van der Waals surface area (Å²) in [7, 11) is 0. The second-order valence-corrected chi connectivity index (χ2v) is 42.1. The van der Waals surface area contributed by atoms with Gasteiger partial charge in [-0.2, -0.15) is 0 Å². The molecule has 16 rings (SSSR count). The van der Waals surface area contributed by atoms with E-state index < -0.39 is 65.0 Å². The van der Waals surface area contributed by atoms with Gasteiger partial charge in [-0.3, -0.25) is 78.8 Å². The van der Waals surface area contributed by atoms with E-state index in [9.17, 15) is 38.4 Å². The molecule has 6 heterocycles. The van der Waals surface area contributed by atoms with Crippen LogP contribution in [-0.4, -0.2) is 80.0 Å². The number of piperidine rings is 4. The molecule has 12 amide bonds. The molecule has 22 heteroatoms. The molecular formula is C108H136N10O12. The summed E-state index contributed by atoms with van der Waals surface area (Å²) in [4.78, 5) is 177. The highest BCUT2D eigenvalue weighted by Crippen LogP contribution is 2.67. The van der Waals surface area contributed by atoms with Crippen LogP contribution in [0.3, 0.4) is 0 Å². The molecule has 2 aromatic heterocycles. The molecule has 4 saturated carbocycles. The van der Waals surface area contributed by atoms with Crippen LogP contribution in [-0.2, 0) is 57.5 Å². The largest absolute Gasteiger partial charge is 0.326 e. The Morgan fingerprint density at radius 1 is 0.238 bits per heavy atom. The van der Waals surface area contributed by atoms with Gasteiger partial charge in [0.05, 0.1) is 87.0 Å². The third-order valence-corrected chi connectivity index (χ3v) is 32.7. The molecule has 0 spiro atoms. The minimum absolute atomic E-state index is 0.219. The first-order valence-electron chi connectivity index (χ1n) is 49.3. The van der Waals surface area contributed by atoms with Gasteiger partial charge in [0, 0.05) is 55.7 Å². The molecular weight excluding hydrogens is 1630 g/mol. The van der Waals surface area contributed by atoms with Crippen molar-refractivity contribution in [2.75, 3.05) is 21.3 Å².